The molecule has 2 N–H and O–H groups in total. The second kappa shape index (κ2) is 5.97. The molecule has 1 aliphatic rings. The molecule has 2 rings (SSSR count). The summed E-state index contributed by atoms with van der Waals surface area (Å²) in [5, 5.41) is 5.93. The van der Waals surface area contributed by atoms with Crippen LogP contribution in [0.2, 0.25) is 0 Å². The van der Waals surface area contributed by atoms with Crippen molar-refractivity contribution in [2.24, 2.45) is 0 Å². The van der Waals surface area contributed by atoms with Gasteiger partial charge in [0.15, 0.2) is 0 Å². The van der Waals surface area contributed by atoms with E-state index in [1.807, 2.05) is 11.8 Å². The Kier molecular flexibility index (Phi) is 4.33. The van der Waals surface area contributed by atoms with Crippen molar-refractivity contribution < 1.29 is 9.18 Å². The van der Waals surface area contributed by atoms with Gasteiger partial charge in [-0.1, -0.05) is 0 Å². The van der Waals surface area contributed by atoms with Gasteiger partial charge in [0.25, 0.3) is 0 Å². The molecule has 0 aromatic carbocycles. The van der Waals surface area contributed by atoms with Gasteiger partial charge < -0.3 is 10.6 Å². The van der Waals surface area contributed by atoms with Crippen LogP contribution in [0.4, 0.5) is 10.2 Å². The number of hydrogen-bond acceptors (Lipinski definition) is 4. The average molecular weight is 255 g/mol. The monoisotopic (exact) mass is 255 g/mol. The highest BCUT2D eigenvalue weighted by Crippen LogP contribution is 2.11. The van der Waals surface area contributed by atoms with Crippen LogP contribution in [-0.2, 0) is 4.79 Å². The third-order valence-electron chi connectivity index (χ3n) is 2.43. The molecule has 2 heterocycles. The Morgan fingerprint density at radius 2 is 2.53 bits per heavy atom. The molecule has 4 nitrogen and oxygen atoms in total. The zero-order chi connectivity index (χ0) is 12.1. The normalized spacial score (nSPS) is 19.9. The van der Waals surface area contributed by atoms with Crippen molar-refractivity contribution in [3.05, 3.63) is 24.1 Å². The van der Waals surface area contributed by atoms with E-state index in [0.29, 0.717) is 12.2 Å². The highest BCUT2D eigenvalue weighted by Gasteiger charge is 2.16. The molecule has 0 spiro atoms. The summed E-state index contributed by atoms with van der Waals surface area (Å²) in [4.78, 5) is 15.5. The fourth-order valence-electron chi connectivity index (χ4n) is 1.62. The molecule has 0 bridgehead atoms. The molecule has 1 aromatic heterocycles. The fraction of sp³-hybridized carbons (Fsp3) is 0.455. The van der Waals surface area contributed by atoms with Gasteiger partial charge in [-0.25, -0.2) is 9.37 Å². The van der Waals surface area contributed by atoms with E-state index < -0.39 is 5.82 Å². The average Bonchev–Trinajstić information content (AvgIpc) is 2.33. The maximum absolute atomic E-state index is 12.6. The minimum atomic E-state index is -0.409. The first kappa shape index (κ1) is 12.3. The predicted octanol–water partition coefficient (Wildman–Crippen LogP) is 1.25. The van der Waals surface area contributed by atoms with E-state index in [2.05, 4.69) is 15.6 Å². The fourth-order valence-corrected chi connectivity index (χ4v) is 2.57. The highest BCUT2D eigenvalue weighted by molar-refractivity contribution is 7.99. The Morgan fingerprint density at radius 3 is 3.18 bits per heavy atom. The summed E-state index contributed by atoms with van der Waals surface area (Å²) in [6.45, 7) is 0.942. The molecule has 1 aliphatic heterocycles. The van der Waals surface area contributed by atoms with Crippen molar-refractivity contribution >= 4 is 23.5 Å². The van der Waals surface area contributed by atoms with Crippen LogP contribution in [0, 0.1) is 5.82 Å². The maximum Gasteiger partial charge on any atom is 0.227 e. The number of carbonyl (C=O) groups is 1. The molecule has 6 heteroatoms. The maximum atomic E-state index is 12.6. The first-order valence-corrected chi connectivity index (χ1v) is 6.62. The van der Waals surface area contributed by atoms with Gasteiger partial charge in [0.2, 0.25) is 5.91 Å². The number of carbonyl (C=O) groups excluding carboxylic acids is 1. The van der Waals surface area contributed by atoms with Gasteiger partial charge in [-0.3, -0.25) is 4.79 Å². The lowest BCUT2D eigenvalue weighted by Gasteiger charge is -2.22. The summed E-state index contributed by atoms with van der Waals surface area (Å²) >= 11 is 1.85. The van der Waals surface area contributed by atoms with Crippen LogP contribution < -0.4 is 10.6 Å². The third-order valence-corrected chi connectivity index (χ3v) is 3.56. The van der Waals surface area contributed by atoms with Crippen molar-refractivity contribution in [1.29, 1.82) is 0 Å². The third kappa shape index (κ3) is 3.98. The van der Waals surface area contributed by atoms with E-state index in [9.17, 15) is 9.18 Å². The van der Waals surface area contributed by atoms with Crippen LogP contribution in [0.1, 0.15) is 6.42 Å². The molecule has 0 aliphatic carbocycles. The summed E-state index contributed by atoms with van der Waals surface area (Å²) in [7, 11) is 0. The van der Waals surface area contributed by atoms with Gasteiger partial charge in [0.1, 0.15) is 11.6 Å². The largest absolute Gasteiger partial charge is 0.312 e. The Bertz CT molecular complexity index is 379. The smallest absolute Gasteiger partial charge is 0.227 e. The zero-order valence-corrected chi connectivity index (χ0v) is 10.1. The number of pyridine rings is 1. The van der Waals surface area contributed by atoms with E-state index in [-0.39, 0.29) is 11.9 Å². The predicted molar refractivity (Wildman–Crippen MR) is 66.6 cm³/mol. The van der Waals surface area contributed by atoms with Crippen LogP contribution >= 0.6 is 11.8 Å². The standard InChI is InChI=1S/C11H14FN3OS/c12-8-1-2-10(14-6-8)15-11(16)5-9-7-17-4-3-13-9/h1-2,6,9,13H,3-5,7H2,(H,14,15,16). The molecular formula is C11H14FN3OS. The molecule has 1 fully saturated rings. The number of thioether (sulfide) groups is 1. The number of aromatic nitrogens is 1. The minimum absolute atomic E-state index is 0.0934. The van der Waals surface area contributed by atoms with Gasteiger partial charge >= 0.3 is 0 Å². The second-order valence-corrected chi connectivity index (χ2v) is 4.99. The van der Waals surface area contributed by atoms with Gasteiger partial charge in [0.05, 0.1) is 6.20 Å². The van der Waals surface area contributed by atoms with E-state index in [0.717, 1.165) is 24.2 Å². The number of hydrogen-bond donors (Lipinski definition) is 2. The van der Waals surface area contributed by atoms with Crippen molar-refractivity contribution in [2.75, 3.05) is 23.4 Å². The summed E-state index contributed by atoms with van der Waals surface area (Å²) < 4.78 is 12.6. The van der Waals surface area contributed by atoms with E-state index in [1.54, 1.807) is 0 Å². The lowest BCUT2D eigenvalue weighted by molar-refractivity contribution is -0.116. The second-order valence-electron chi connectivity index (χ2n) is 3.84. The lowest BCUT2D eigenvalue weighted by Crippen LogP contribution is -2.39. The molecule has 17 heavy (non-hydrogen) atoms. The lowest BCUT2D eigenvalue weighted by atomic mass is 10.2. The van der Waals surface area contributed by atoms with Crippen molar-refractivity contribution in [1.82, 2.24) is 10.3 Å². The molecule has 1 unspecified atom stereocenters. The van der Waals surface area contributed by atoms with Gasteiger partial charge in [-0.15, -0.1) is 0 Å². The van der Waals surface area contributed by atoms with Crippen LogP contribution in [0.25, 0.3) is 0 Å². The first-order chi connectivity index (χ1) is 8.24. The topological polar surface area (TPSA) is 54.0 Å². The van der Waals surface area contributed by atoms with Crippen LogP contribution in [-0.4, -0.2) is 35.0 Å². The van der Waals surface area contributed by atoms with Crippen LogP contribution in [0.3, 0.4) is 0 Å². The molecule has 0 radical (unpaired) electrons. The van der Waals surface area contributed by atoms with Crippen molar-refractivity contribution in [3.8, 4) is 0 Å². The van der Waals surface area contributed by atoms with Crippen molar-refractivity contribution in [3.63, 3.8) is 0 Å². The van der Waals surface area contributed by atoms with E-state index in [4.69, 9.17) is 0 Å². The Balaban J connectivity index is 1.82. The number of nitrogens with zero attached hydrogens (tertiary/aromatic N) is 1. The molecule has 1 amide bonds. The van der Waals surface area contributed by atoms with Gasteiger partial charge in [-0.2, -0.15) is 11.8 Å². The Hall–Kier alpha value is -1.14. The van der Waals surface area contributed by atoms with Crippen LogP contribution in [0.5, 0.6) is 0 Å². The Labute approximate surface area is 103 Å². The minimum Gasteiger partial charge on any atom is -0.312 e. The number of halogens is 1. The summed E-state index contributed by atoms with van der Waals surface area (Å²) in [6, 6.07) is 2.95. The van der Waals surface area contributed by atoms with E-state index >= 15 is 0 Å². The molecule has 0 saturated carbocycles. The van der Waals surface area contributed by atoms with Crippen LogP contribution in [0.15, 0.2) is 18.3 Å². The van der Waals surface area contributed by atoms with Gasteiger partial charge in [-0.05, 0) is 12.1 Å². The van der Waals surface area contributed by atoms with Crippen molar-refractivity contribution in [2.45, 2.75) is 12.5 Å². The highest BCUT2D eigenvalue weighted by atomic mass is 32.2. The number of rotatable bonds is 3. The Morgan fingerprint density at radius 1 is 1.65 bits per heavy atom. The summed E-state index contributed by atoms with van der Waals surface area (Å²) in [5.74, 6) is 1.93. The van der Waals surface area contributed by atoms with E-state index in [1.165, 1.54) is 12.1 Å². The quantitative estimate of drug-likeness (QED) is 0.853. The molecular weight excluding hydrogens is 241 g/mol. The zero-order valence-electron chi connectivity index (χ0n) is 9.28. The van der Waals surface area contributed by atoms with Gasteiger partial charge in [0, 0.05) is 30.5 Å². The number of nitrogens with one attached hydrogen (secondary N) is 2. The summed E-state index contributed by atoms with van der Waals surface area (Å²) in [5.41, 5.74) is 0. The number of amides is 1. The SMILES string of the molecule is O=C(CC1CSCCN1)Nc1ccc(F)cn1. The number of anilines is 1. The molecule has 1 saturated heterocycles. The molecule has 92 valence electrons. The molecule has 1 atom stereocenters. The summed E-state index contributed by atoms with van der Waals surface area (Å²) in [6.07, 6.45) is 1.51. The first-order valence-electron chi connectivity index (χ1n) is 5.46. The molecule has 1 aromatic rings.